The number of hydrogen-bond donors (Lipinski definition) is 2. The lowest BCUT2D eigenvalue weighted by atomic mass is 10.1. The van der Waals surface area contributed by atoms with E-state index in [1.165, 1.54) is 12.2 Å². The quantitative estimate of drug-likeness (QED) is 0.448. The molecule has 16 heavy (non-hydrogen) atoms. The molecule has 3 N–H and O–H groups in total. The molecule has 5 heteroatoms. The average molecular weight is 260 g/mol. The molecule has 90 valence electrons. The molecule has 0 bridgehead atoms. The predicted molar refractivity (Wildman–Crippen MR) is 71.7 cm³/mol. The number of rotatable bonds is 7. The summed E-state index contributed by atoms with van der Waals surface area (Å²) in [5.74, 6) is 7.70. The van der Waals surface area contributed by atoms with Crippen LogP contribution in [0.1, 0.15) is 18.9 Å². The van der Waals surface area contributed by atoms with Gasteiger partial charge in [0.2, 0.25) is 0 Å². The number of aromatic nitrogens is 1. The van der Waals surface area contributed by atoms with E-state index in [9.17, 15) is 0 Å². The monoisotopic (exact) mass is 259 g/mol. The second-order valence-electron chi connectivity index (χ2n) is 3.61. The van der Waals surface area contributed by atoms with Crippen LogP contribution in [0.2, 0.25) is 5.02 Å². The van der Waals surface area contributed by atoms with E-state index in [-0.39, 0.29) is 6.04 Å². The van der Waals surface area contributed by atoms with Crippen LogP contribution in [0, 0.1) is 0 Å². The predicted octanol–water partition coefficient (Wildman–Crippen LogP) is 2.25. The maximum atomic E-state index is 6.05. The van der Waals surface area contributed by atoms with Crippen molar-refractivity contribution in [3.05, 3.63) is 29.0 Å². The fourth-order valence-electron chi connectivity index (χ4n) is 1.37. The Labute approximate surface area is 106 Å². The van der Waals surface area contributed by atoms with Gasteiger partial charge in [-0.15, -0.1) is 0 Å². The molecule has 3 nitrogen and oxygen atoms in total. The second kappa shape index (κ2) is 7.90. The summed E-state index contributed by atoms with van der Waals surface area (Å²) in [6.45, 7) is 2.18. The van der Waals surface area contributed by atoms with Crippen LogP contribution < -0.4 is 11.3 Å². The van der Waals surface area contributed by atoms with E-state index in [4.69, 9.17) is 17.4 Å². The fourth-order valence-corrected chi connectivity index (χ4v) is 2.52. The first-order chi connectivity index (χ1) is 7.77. The SMILES string of the molecule is CCCSCC(Cc1ccncc1Cl)NN. The zero-order valence-corrected chi connectivity index (χ0v) is 11.0. The molecule has 0 saturated heterocycles. The van der Waals surface area contributed by atoms with Gasteiger partial charge in [-0.25, -0.2) is 0 Å². The minimum absolute atomic E-state index is 0.261. The standard InChI is InChI=1S/C11H18ClN3S/c1-2-5-16-8-10(15-13)6-9-3-4-14-7-11(9)12/h3-4,7,10,15H,2,5-6,8,13H2,1H3. The molecular weight excluding hydrogens is 242 g/mol. The van der Waals surface area contributed by atoms with Gasteiger partial charge in [0.05, 0.1) is 5.02 Å². The average Bonchev–Trinajstić information content (AvgIpc) is 2.30. The van der Waals surface area contributed by atoms with Crippen molar-refractivity contribution in [3.8, 4) is 0 Å². The largest absolute Gasteiger partial charge is 0.271 e. The summed E-state index contributed by atoms with van der Waals surface area (Å²) in [7, 11) is 0. The topological polar surface area (TPSA) is 50.9 Å². The number of nitrogens with two attached hydrogens (primary N) is 1. The van der Waals surface area contributed by atoms with E-state index < -0.39 is 0 Å². The minimum Gasteiger partial charge on any atom is -0.271 e. The number of hydrogen-bond acceptors (Lipinski definition) is 4. The highest BCUT2D eigenvalue weighted by Crippen LogP contribution is 2.16. The Morgan fingerprint density at radius 3 is 3.06 bits per heavy atom. The molecule has 1 heterocycles. The van der Waals surface area contributed by atoms with Gasteiger partial charge < -0.3 is 0 Å². The number of nitrogens with one attached hydrogen (secondary N) is 1. The van der Waals surface area contributed by atoms with Crippen LogP contribution in [-0.4, -0.2) is 22.5 Å². The van der Waals surface area contributed by atoms with Crippen LogP contribution in [0.5, 0.6) is 0 Å². The normalized spacial score (nSPS) is 12.7. The van der Waals surface area contributed by atoms with Crippen molar-refractivity contribution >= 4 is 23.4 Å². The van der Waals surface area contributed by atoms with Gasteiger partial charge in [-0.1, -0.05) is 18.5 Å². The van der Waals surface area contributed by atoms with Crippen molar-refractivity contribution in [3.63, 3.8) is 0 Å². The van der Waals surface area contributed by atoms with Gasteiger partial charge in [0.1, 0.15) is 0 Å². The highest BCUT2D eigenvalue weighted by Gasteiger charge is 2.09. The molecule has 0 spiro atoms. The molecular formula is C11H18ClN3S. The number of halogens is 1. The van der Waals surface area contributed by atoms with E-state index in [0.29, 0.717) is 5.02 Å². The molecule has 1 rings (SSSR count). The van der Waals surface area contributed by atoms with Crippen molar-refractivity contribution in [2.75, 3.05) is 11.5 Å². The third-order valence-electron chi connectivity index (χ3n) is 2.23. The first-order valence-electron chi connectivity index (χ1n) is 5.40. The molecule has 0 saturated carbocycles. The maximum Gasteiger partial charge on any atom is 0.0621 e. The molecule has 1 aromatic rings. The van der Waals surface area contributed by atoms with Gasteiger partial charge in [-0.3, -0.25) is 16.3 Å². The van der Waals surface area contributed by atoms with Crippen LogP contribution in [0.4, 0.5) is 0 Å². The summed E-state index contributed by atoms with van der Waals surface area (Å²) in [6.07, 6.45) is 5.46. The molecule has 0 aliphatic heterocycles. The highest BCUT2D eigenvalue weighted by atomic mass is 35.5. The first kappa shape index (κ1) is 13.8. The third-order valence-corrected chi connectivity index (χ3v) is 3.90. The Hall–Kier alpha value is -0.290. The Morgan fingerprint density at radius 1 is 1.62 bits per heavy atom. The Kier molecular flexibility index (Phi) is 6.80. The van der Waals surface area contributed by atoms with E-state index in [0.717, 1.165) is 17.7 Å². The third kappa shape index (κ3) is 4.70. The fraction of sp³-hybridized carbons (Fsp3) is 0.545. The van der Waals surface area contributed by atoms with Gasteiger partial charge in [0.25, 0.3) is 0 Å². The lowest BCUT2D eigenvalue weighted by molar-refractivity contribution is 0.575. The van der Waals surface area contributed by atoms with Crippen molar-refractivity contribution < 1.29 is 0 Å². The van der Waals surface area contributed by atoms with Crippen LogP contribution in [0.3, 0.4) is 0 Å². The zero-order chi connectivity index (χ0) is 11.8. The summed E-state index contributed by atoms with van der Waals surface area (Å²) >= 11 is 7.96. The van der Waals surface area contributed by atoms with E-state index in [1.807, 2.05) is 17.8 Å². The zero-order valence-electron chi connectivity index (χ0n) is 9.45. The number of nitrogens with zero attached hydrogens (tertiary/aromatic N) is 1. The first-order valence-corrected chi connectivity index (χ1v) is 6.93. The minimum atomic E-state index is 0.261. The van der Waals surface area contributed by atoms with Crippen molar-refractivity contribution in [2.24, 2.45) is 5.84 Å². The summed E-state index contributed by atoms with van der Waals surface area (Å²) in [5, 5.41) is 0.711. The number of hydrazine groups is 1. The van der Waals surface area contributed by atoms with Gasteiger partial charge in [-0.05, 0) is 30.2 Å². The van der Waals surface area contributed by atoms with E-state index in [2.05, 4.69) is 17.3 Å². The summed E-state index contributed by atoms with van der Waals surface area (Å²) in [6, 6.07) is 2.20. The molecule has 0 aliphatic carbocycles. The van der Waals surface area contributed by atoms with Gasteiger partial charge in [-0.2, -0.15) is 11.8 Å². The summed E-state index contributed by atoms with van der Waals surface area (Å²) in [4.78, 5) is 3.96. The van der Waals surface area contributed by atoms with E-state index in [1.54, 1.807) is 12.4 Å². The molecule has 0 aliphatic rings. The number of pyridine rings is 1. The van der Waals surface area contributed by atoms with Crippen LogP contribution >= 0.6 is 23.4 Å². The van der Waals surface area contributed by atoms with Crippen LogP contribution in [0.25, 0.3) is 0 Å². The van der Waals surface area contributed by atoms with Crippen molar-refractivity contribution in [1.29, 1.82) is 0 Å². The van der Waals surface area contributed by atoms with Crippen LogP contribution in [-0.2, 0) is 6.42 Å². The van der Waals surface area contributed by atoms with Crippen LogP contribution in [0.15, 0.2) is 18.5 Å². The van der Waals surface area contributed by atoms with E-state index >= 15 is 0 Å². The molecule has 0 amide bonds. The summed E-state index contributed by atoms with van der Waals surface area (Å²) < 4.78 is 0. The molecule has 0 fully saturated rings. The molecule has 0 radical (unpaired) electrons. The van der Waals surface area contributed by atoms with Gasteiger partial charge in [0, 0.05) is 24.2 Å². The van der Waals surface area contributed by atoms with Gasteiger partial charge >= 0.3 is 0 Å². The molecule has 1 atom stereocenters. The lowest BCUT2D eigenvalue weighted by Gasteiger charge is -2.15. The lowest BCUT2D eigenvalue weighted by Crippen LogP contribution is -2.38. The van der Waals surface area contributed by atoms with Gasteiger partial charge in [0.15, 0.2) is 0 Å². The Bertz CT molecular complexity index is 309. The maximum absolute atomic E-state index is 6.05. The molecule has 0 aromatic carbocycles. The number of thioether (sulfide) groups is 1. The van der Waals surface area contributed by atoms with Crippen molar-refractivity contribution in [2.45, 2.75) is 25.8 Å². The Morgan fingerprint density at radius 2 is 2.44 bits per heavy atom. The molecule has 1 aromatic heterocycles. The second-order valence-corrected chi connectivity index (χ2v) is 5.17. The molecule has 1 unspecified atom stereocenters. The summed E-state index contributed by atoms with van der Waals surface area (Å²) in [5.41, 5.74) is 3.93. The highest BCUT2D eigenvalue weighted by molar-refractivity contribution is 7.99. The Balaban J connectivity index is 2.46. The smallest absolute Gasteiger partial charge is 0.0621 e. The van der Waals surface area contributed by atoms with Crippen molar-refractivity contribution in [1.82, 2.24) is 10.4 Å².